The van der Waals surface area contributed by atoms with Gasteiger partial charge in [0.25, 0.3) is 5.91 Å². The number of anilines is 1. The Morgan fingerprint density at radius 3 is 2.36 bits per heavy atom. The van der Waals surface area contributed by atoms with Crippen molar-refractivity contribution in [3.05, 3.63) is 34.8 Å². The summed E-state index contributed by atoms with van der Waals surface area (Å²) >= 11 is 1.48. The molecule has 4 aliphatic rings. The van der Waals surface area contributed by atoms with E-state index in [1.165, 1.54) is 62.0 Å². The third kappa shape index (κ3) is 3.16. The molecule has 1 heterocycles. The lowest BCUT2D eigenvalue weighted by molar-refractivity contribution is -0.00555. The van der Waals surface area contributed by atoms with Crippen molar-refractivity contribution < 1.29 is 13.2 Å². The van der Waals surface area contributed by atoms with Gasteiger partial charge < -0.3 is 0 Å². The number of rotatable bonds is 4. The van der Waals surface area contributed by atoms with Gasteiger partial charge in [0, 0.05) is 17.2 Å². The smallest absolute Gasteiger partial charge is 0.257 e. The van der Waals surface area contributed by atoms with Gasteiger partial charge in [0.05, 0.1) is 4.90 Å². The number of hydrogen-bond acceptors (Lipinski definition) is 6. The summed E-state index contributed by atoms with van der Waals surface area (Å²) in [5.41, 5.74) is 0.459. The second-order valence-corrected chi connectivity index (χ2v) is 11.9. The van der Waals surface area contributed by atoms with Crippen LogP contribution >= 0.6 is 11.3 Å². The maximum absolute atomic E-state index is 12.6. The molecule has 8 heteroatoms. The number of nitrogens with one attached hydrogen (secondary N) is 1. The van der Waals surface area contributed by atoms with E-state index in [2.05, 4.69) is 15.5 Å². The Kier molecular flexibility index (Phi) is 4.14. The zero-order valence-electron chi connectivity index (χ0n) is 15.7. The van der Waals surface area contributed by atoms with E-state index < -0.39 is 9.84 Å². The third-order valence-corrected chi connectivity index (χ3v) is 8.86. The van der Waals surface area contributed by atoms with Crippen LogP contribution in [-0.2, 0) is 15.3 Å². The summed E-state index contributed by atoms with van der Waals surface area (Å²) in [6.45, 7) is 0. The van der Waals surface area contributed by atoms with E-state index >= 15 is 0 Å². The summed E-state index contributed by atoms with van der Waals surface area (Å²) in [5.74, 6) is 2.12. The van der Waals surface area contributed by atoms with E-state index in [1.54, 1.807) is 12.1 Å². The Balaban J connectivity index is 1.36. The fourth-order valence-corrected chi connectivity index (χ4v) is 7.52. The highest BCUT2D eigenvalue weighted by molar-refractivity contribution is 7.90. The van der Waals surface area contributed by atoms with Crippen molar-refractivity contribution in [2.24, 2.45) is 17.8 Å². The van der Waals surface area contributed by atoms with Gasteiger partial charge in [-0.15, -0.1) is 10.2 Å². The van der Waals surface area contributed by atoms with E-state index in [4.69, 9.17) is 0 Å². The standard InChI is InChI=1S/C20H23N3O3S2/c1-28(25,26)16-4-2-3-15(8-16)17(24)21-19-23-22-18(27-19)20-9-12-5-13(10-20)7-14(6-12)11-20/h2-4,8,12-14H,5-7,9-11H2,1H3,(H,21,23,24). The molecule has 2 aromatic rings. The molecule has 4 fully saturated rings. The second-order valence-electron chi connectivity index (χ2n) is 8.86. The molecule has 0 aliphatic heterocycles. The first-order valence-electron chi connectivity index (χ1n) is 9.76. The SMILES string of the molecule is CS(=O)(=O)c1cccc(C(=O)Nc2nnc(C34CC5CC(CC(C5)C3)C4)s2)c1. The molecule has 0 unspecified atom stereocenters. The van der Waals surface area contributed by atoms with Crippen molar-refractivity contribution in [2.45, 2.75) is 48.8 Å². The van der Waals surface area contributed by atoms with Gasteiger partial charge in [-0.1, -0.05) is 17.4 Å². The molecule has 1 N–H and O–H groups in total. The van der Waals surface area contributed by atoms with Crippen LogP contribution in [0.4, 0.5) is 5.13 Å². The largest absolute Gasteiger partial charge is 0.296 e. The van der Waals surface area contributed by atoms with Gasteiger partial charge in [-0.05, 0) is 74.5 Å². The van der Waals surface area contributed by atoms with Crippen LogP contribution in [0, 0.1) is 17.8 Å². The highest BCUT2D eigenvalue weighted by Crippen LogP contribution is 2.61. The van der Waals surface area contributed by atoms with Gasteiger partial charge in [-0.25, -0.2) is 8.42 Å². The lowest BCUT2D eigenvalue weighted by atomic mass is 9.50. The molecule has 4 saturated carbocycles. The van der Waals surface area contributed by atoms with Gasteiger partial charge in [-0.2, -0.15) is 0 Å². The fourth-order valence-electron chi connectivity index (χ4n) is 5.90. The normalized spacial score (nSPS) is 31.1. The Morgan fingerprint density at radius 2 is 1.75 bits per heavy atom. The van der Waals surface area contributed by atoms with Crippen molar-refractivity contribution in [3.63, 3.8) is 0 Å². The third-order valence-electron chi connectivity index (χ3n) is 6.66. The van der Waals surface area contributed by atoms with Crippen LogP contribution in [0.15, 0.2) is 29.2 Å². The van der Waals surface area contributed by atoms with Crippen molar-refractivity contribution >= 4 is 32.2 Å². The number of carbonyl (C=O) groups excluding carboxylic acids is 1. The van der Waals surface area contributed by atoms with Crippen molar-refractivity contribution in [2.75, 3.05) is 11.6 Å². The maximum atomic E-state index is 12.6. The molecule has 0 saturated heterocycles. The molecule has 1 aromatic carbocycles. The minimum Gasteiger partial charge on any atom is -0.296 e. The lowest BCUT2D eigenvalue weighted by Crippen LogP contribution is -2.48. The summed E-state index contributed by atoms with van der Waals surface area (Å²) in [7, 11) is -3.36. The van der Waals surface area contributed by atoms with Crippen LogP contribution in [0.25, 0.3) is 0 Å². The summed E-state index contributed by atoms with van der Waals surface area (Å²) in [6.07, 6.45) is 8.87. The Bertz CT molecular complexity index is 1010. The molecular formula is C20H23N3O3S2. The lowest BCUT2D eigenvalue weighted by Gasteiger charge is -2.55. The highest BCUT2D eigenvalue weighted by atomic mass is 32.2. The van der Waals surface area contributed by atoms with E-state index in [0.717, 1.165) is 29.0 Å². The fraction of sp³-hybridized carbons (Fsp3) is 0.550. The number of benzene rings is 1. The Morgan fingerprint density at radius 1 is 1.11 bits per heavy atom. The van der Waals surface area contributed by atoms with Crippen molar-refractivity contribution in [1.29, 1.82) is 0 Å². The Hall–Kier alpha value is -1.80. The monoisotopic (exact) mass is 417 g/mol. The van der Waals surface area contributed by atoms with E-state index in [0.29, 0.717) is 10.7 Å². The van der Waals surface area contributed by atoms with Gasteiger partial charge in [0.1, 0.15) is 5.01 Å². The first kappa shape index (κ1) is 18.2. The van der Waals surface area contributed by atoms with Gasteiger partial charge in [0.15, 0.2) is 9.84 Å². The van der Waals surface area contributed by atoms with E-state index in [1.807, 2.05) is 0 Å². The van der Waals surface area contributed by atoms with E-state index in [9.17, 15) is 13.2 Å². The first-order chi connectivity index (χ1) is 13.3. The van der Waals surface area contributed by atoms with Gasteiger partial charge >= 0.3 is 0 Å². The van der Waals surface area contributed by atoms with Crippen molar-refractivity contribution in [1.82, 2.24) is 10.2 Å². The molecule has 4 bridgehead atoms. The topological polar surface area (TPSA) is 89.0 Å². The average Bonchev–Trinajstić information content (AvgIpc) is 3.09. The summed E-state index contributed by atoms with van der Waals surface area (Å²) < 4.78 is 23.4. The number of carbonyl (C=O) groups is 1. The van der Waals surface area contributed by atoms with Crippen LogP contribution in [-0.4, -0.2) is 30.8 Å². The molecule has 28 heavy (non-hydrogen) atoms. The van der Waals surface area contributed by atoms with E-state index in [-0.39, 0.29) is 16.2 Å². The van der Waals surface area contributed by atoms with Gasteiger partial charge in [0.2, 0.25) is 5.13 Å². The summed E-state index contributed by atoms with van der Waals surface area (Å²) in [5, 5.41) is 13.0. The molecule has 6 rings (SSSR count). The van der Waals surface area contributed by atoms with Crippen LogP contribution in [0.5, 0.6) is 0 Å². The summed E-state index contributed by atoms with van der Waals surface area (Å²) in [6, 6.07) is 6.06. The summed E-state index contributed by atoms with van der Waals surface area (Å²) in [4.78, 5) is 12.7. The minimum absolute atomic E-state index is 0.131. The Labute approximate surface area is 168 Å². The highest BCUT2D eigenvalue weighted by Gasteiger charge is 2.53. The second kappa shape index (κ2) is 6.35. The van der Waals surface area contributed by atoms with Crippen LogP contribution in [0.3, 0.4) is 0 Å². The van der Waals surface area contributed by atoms with Crippen LogP contribution in [0.2, 0.25) is 0 Å². The van der Waals surface area contributed by atoms with Crippen LogP contribution in [0.1, 0.15) is 53.9 Å². The predicted molar refractivity (Wildman–Crippen MR) is 107 cm³/mol. The number of sulfone groups is 1. The molecule has 1 amide bonds. The molecule has 4 aliphatic carbocycles. The molecule has 1 aromatic heterocycles. The van der Waals surface area contributed by atoms with Gasteiger partial charge in [-0.3, -0.25) is 10.1 Å². The zero-order valence-corrected chi connectivity index (χ0v) is 17.4. The maximum Gasteiger partial charge on any atom is 0.257 e. The number of hydrogen-bond donors (Lipinski definition) is 1. The minimum atomic E-state index is -3.36. The molecular weight excluding hydrogens is 394 g/mol. The molecule has 0 spiro atoms. The predicted octanol–water partition coefficient (Wildman–Crippen LogP) is 3.66. The molecule has 0 radical (unpaired) electrons. The quantitative estimate of drug-likeness (QED) is 0.820. The number of amides is 1. The molecule has 148 valence electrons. The first-order valence-corrected chi connectivity index (χ1v) is 12.5. The number of nitrogens with zero attached hydrogens (tertiary/aromatic N) is 2. The zero-order chi connectivity index (χ0) is 19.5. The average molecular weight is 418 g/mol. The number of aromatic nitrogens is 2. The molecule has 0 atom stereocenters. The van der Waals surface area contributed by atoms with Crippen molar-refractivity contribution in [3.8, 4) is 0 Å². The van der Waals surface area contributed by atoms with Crippen LogP contribution < -0.4 is 5.32 Å². The molecule has 6 nitrogen and oxygen atoms in total.